The minimum absolute atomic E-state index is 0.0166. The van der Waals surface area contributed by atoms with Crippen molar-refractivity contribution in [1.82, 2.24) is 20.3 Å². The van der Waals surface area contributed by atoms with Gasteiger partial charge in [0, 0.05) is 51.9 Å². The molecular formula is C23H28F2N4O3. The van der Waals surface area contributed by atoms with Crippen molar-refractivity contribution in [2.75, 3.05) is 33.7 Å². The maximum atomic E-state index is 14.0. The van der Waals surface area contributed by atoms with E-state index in [9.17, 15) is 18.4 Å². The predicted octanol–water partition coefficient (Wildman–Crippen LogP) is 2.93. The summed E-state index contributed by atoms with van der Waals surface area (Å²) in [6.45, 7) is 2.40. The third kappa shape index (κ3) is 4.82. The first-order chi connectivity index (χ1) is 15.3. The number of halogens is 2. The van der Waals surface area contributed by atoms with Crippen molar-refractivity contribution in [2.45, 2.75) is 31.7 Å². The second-order valence-electron chi connectivity index (χ2n) is 8.96. The van der Waals surface area contributed by atoms with Crippen molar-refractivity contribution >= 4 is 11.8 Å². The summed E-state index contributed by atoms with van der Waals surface area (Å²) in [6.07, 6.45) is 4.41. The monoisotopic (exact) mass is 446 g/mol. The molecule has 0 unspecified atom stereocenters. The molecule has 0 spiro atoms. The Morgan fingerprint density at radius 2 is 2.00 bits per heavy atom. The van der Waals surface area contributed by atoms with E-state index in [0.29, 0.717) is 18.9 Å². The Labute approximate surface area is 185 Å². The second kappa shape index (κ2) is 9.36. The van der Waals surface area contributed by atoms with Gasteiger partial charge in [-0.15, -0.1) is 0 Å². The molecule has 9 heteroatoms. The quantitative estimate of drug-likeness (QED) is 0.738. The Bertz CT molecular complexity index is 989. The first-order valence-corrected chi connectivity index (χ1v) is 11.0. The lowest BCUT2D eigenvalue weighted by molar-refractivity contribution is -0.135. The maximum absolute atomic E-state index is 14.0. The van der Waals surface area contributed by atoms with Crippen LogP contribution in [0.1, 0.15) is 36.2 Å². The lowest BCUT2D eigenvalue weighted by Crippen LogP contribution is -2.56. The summed E-state index contributed by atoms with van der Waals surface area (Å²) in [5, 5.41) is 6.67. The molecule has 0 bridgehead atoms. The molecular weight excluding hydrogens is 418 g/mol. The largest absolute Gasteiger partial charge is 0.355 e. The van der Waals surface area contributed by atoms with Crippen LogP contribution in [0.3, 0.4) is 0 Å². The molecule has 2 heterocycles. The molecule has 172 valence electrons. The Balaban J connectivity index is 1.45. The van der Waals surface area contributed by atoms with Crippen LogP contribution in [0, 0.1) is 23.5 Å². The number of aromatic nitrogens is 1. The molecule has 1 aromatic heterocycles. The van der Waals surface area contributed by atoms with Gasteiger partial charge in [-0.3, -0.25) is 9.59 Å². The fourth-order valence-electron chi connectivity index (χ4n) is 4.42. The van der Waals surface area contributed by atoms with Gasteiger partial charge in [0.1, 0.15) is 11.6 Å². The van der Waals surface area contributed by atoms with Gasteiger partial charge in [0.25, 0.3) is 5.91 Å². The van der Waals surface area contributed by atoms with E-state index in [0.717, 1.165) is 25.2 Å². The van der Waals surface area contributed by atoms with E-state index in [1.54, 1.807) is 19.0 Å². The van der Waals surface area contributed by atoms with Crippen molar-refractivity contribution < 1.29 is 22.9 Å². The van der Waals surface area contributed by atoms with Gasteiger partial charge in [-0.25, -0.2) is 8.78 Å². The average Bonchev–Trinajstić information content (AvgIpc) is 3.21. The highest BCUT2D eigenvalue weighted by molar-refractivity contribution is 5.94. The van der Waals surface area contributed by atoms with Gasteiger partial charge in [0.2, 0.25) is 5.91 Å². The van der Waals surface area contributed by atoms with Crippen LogP contribution in [0.5, 0.6) is 0 Å². The molecule has 1 saturated heterocycles. The highest BCUT2D eigenvalue weighted by atomic mass is 19.1. The van der Waals surface area contributed by atoms with E-state index in [1.807, 2.05) is 0 Å². The first-order valence-electron chi connectivity index (χ1n) is 11.0. The Kier molecular flexibility index (Phi) is 6.55. The normalized spacial score (nSPS) is 21.8. The number of hydrogen-bond donors (Lipinski definition) is 1. The number of carbonyl (C=O) groups excluding carboxylic acids is 2. The van der Waals surface area contributed by atoms with E-state index >= 15 is 0 Å². The molecule has 2 amide bonds. The zero-order valence-corrected chi connectivity index (χ0v) is 18.3. The third-order valence-electron chi connectivity index (χ3n) is 6.45. The van der Waals surface area contributed by atoms with Gasteiger partial charge in [0.05, 0.1) is 11.5 Å². The van der Waals surface area contributed by atoms with E-state index < -0.39 is 17.5 Å². The van der Waals surface area contributed by atoms with Crippen LogP contribution < -0.4 is 5.32 Å². The summed E-state index contributed by atoms with van der Waals surface area (Å²) in [4.78, 5) is 29.5. The maximum Gasteiger partial charge on any atom is 0.273 e. The second-order valence-corrected chi connectivity index (χ2v) is 8.96. The topological polar surface area (TPSA) is 78.7 Å². The average molecular weight is 446 g/mol. The van der Waals surface area contributed by atoms with E-state index in [-0.39, 0.29) is 34.9 Å². The van der Waals surface area contributed by atoms with E-state index in [4.69, 9.17) is 4.52 Å². The summed E-state index contributed by atoms with van der Waals surface area (Å²) in [7, 11) is 3.43. The van der Waals surface area contributed by atoms with Crippen molar-refractivity contribution in [3.63, 3.8) is 0 Å². The number of likely N-dealkylation sites (tertiary alicyclic amines) is 1. The number of benzene rings is 1. The highest BCUT2D eigenvalue weighted by Gasteiger charge is 2.37. The predicted molar refractivity (Wildman–Crippen MR) is 114 cm³/mol. The fourth-order valence-corrected chi connectivity index (χ4v) is 4.42. The molecule has 2 atom stereocenters. The number of rotatable bonds is 6. The van der Waals surface area contributed by atoms with E-state index in [2.05, 4.69) is 15.4 Å². The SMILES string of the molecule is CN(C)C(=O)[C@H]1CN(CC2CCC2)CC[C@@H]1NC(=O)c1cc(-c2ccc(F)cc2F)on1. The van der Waals surface area contributed by atoms with E-state index in [1.165, 1.54) is 31.4 Å². The number of hydrogen-bond acceptors (Lipinski definition) is 5. The van der Waals surface area contributed by atoms with Crippen molar-refractivity contribution in [1.29, 1.82) is 0 Å². The van der Waals surface area contributed by atoms with Gasteiger partial charge < -0.3 is 19.6 Å². The van der Waals surface area contributed by atoms with Crippen molar-refractivity contribution in [3.05, 3.63) is 41.6 Å². The summed E-state index contributed by atoms with van der Waals surface area (Å²) >= 11 is 0. The molecule has 1 aromatic carbocycles. The fraction of sp³-hybridized carbons (Fsp3) is 0.522. The van der Waals surface area contributed by atoms with Crippen LogP contribution in [0.15, 0.2) is 28.8 Å². The molecule has 7 nitrogen and oxygen atoms in total. The molecule has 4 rings (SSSR count). The summed E-state index contributed by atoms with van der Waals surface area (Å²) in [5.74, 6) is -1.64. The Hall–Kier alpha value is -2.81. The van der Waals surface area contributed by atoms with Crippen molar-refractivity contribution in [3.8, 4) is 11.3 Å². The summed E-state index contributed by atoms with van der Waals surface area (Å²) in [5.41, 5.74) is -0.000380. The van der Waals surface area contributed by atoms with Crippen LogP contribution >= 0.6 is 0 Å². The number of nitrogens with zero attached hydrogens (tertiary/aromatic N) is 3. The number of carbonyl (C=O) groups is 2. The van der Waals surface area contributed by atoms with Gasteiger partial charge in [0.15, 0.2) is 11.5 Å². The molecule has 1 saturated carbocycles. The standard InChI is InChI=1S/C23H28F2N4O3/c1-28(2)23(31)17-13-29(12-14-4-3-5-14)9-8-19(17)26-22(30)20-11-21(32-27-20)16-7-6-15(24)10-18(16)25/h6-7,10-11,14,17,19H,3-5,8-9,12-13H2,1-2H3,(H,26,30)/t17-,19-/m0/s1. The summed E-state index contributed by atoms with van der Waals surface area (Å²) < 4.78 is 32.3. The van der Waals surface area contributed by atoms with Gasteiger partial charge in [-0.1, -0.05) is 11.6 Å². The molecule has 1 aliphatic heterocycles. The number of nitrogens with one attached hydrogen (secondary N) is 1. The highest BCUT2D eigenvalue weighted by Crippen LogP contribution is 2.29. The first kappa shape index (κ1) is 22.4. The minimum Gasteiger partial charge on any atom is -0.355 e. The lowest BCUT2D eigenvalue weighted by Gasteiger charge is -2.41. The van der Waals surface area contributed by atoms with Crippen LogP contribution in [0.2, 0.25) is 0 Å². The van der Waals surface area contributed by atoms with Gasteiger partial charge >= 0.3 is 0 Å². The molecule has 0 radical (unpaired) electrons. The van der Waals surface area contributed by atoms with Crippen LogP contribution in [-0.4, -0.2) is 66.5 Å². The van der Waals surface area contributed by atoms with Crippen molar-refractivity contribution in [2.24, 2.45) is 11.8 Å². The Morgan fingerprint density at radius 3 is 2.66 bits per heavy atom. The van der Waals surface area contributed by atoms with Gasteiger partial charge in [-0.05, 0) is 37.3 Å². The number of amides is 2. The molecule has 1 aliphatic carbocycles. The molecule has 2 aromatic rings. The molecule has 32 heavy (non-hydrogen) atoms. The third-order valence-corrected chi connectivity index (χ3v) is 6.45. The zero-order chi connectivity index (χ0) is 22.8. The number of piperidine rings is 1. The van der Waals surface area contributed by atoms with Crippen LogP contribution in [-0.2, 0) is 4.79 Å². The summed E-state index contributed by atoms with van der Waals surface area (Å²) in [6, 6.07) is 4.07. The molecule has 2 fully saturated rings. The minimum atomic E-state index is -0.802. The molecule has 2 aliphatic rings. The zero-order valence-electron chi connectivity index (χ0n) is 18.3. The van der Waals surface area contributed by atoms with Gasteiger partial charge in [-0.2, -0.15) is 0 Å². The van der Waals surface area contributed by atoms with Crippen LogP contribution in [0.25, 0.3) is 11.3 Å². The lowest BCUT2D eigenvalue weighted by atomic mass is 9.83. The Morgan fingerprint density at radius 1 is 1.22 bits per heavy atom. The van der Waals surface area contributed by atoms with Crippen LogP contribution in [0.4, 0.5) is 8.78 Å². The smallest absolute Gasteiger partial charge is 0.273 e. The molecule has 1 N–H and O–H groups in total.